The minimum atomic E-state index is -0.582. The van der Waals surface area contributed by atoms with Gasteiger partial charge < -0.3 is 20.7 Å². The second-order valence-corrected chi connectivity index (χ2v) is 6.93. The van der Waals surface area contributed by atoms with Gasteiger partial charge in [-0.2, -0.15) is 4.98 Å². The van der Waals surface area contributed by atoms with E-state index in [4.69, 9.17) is 22.1 Å². The van der Waals surface area contributed by atoms with Crippen LogP contribution in [0.25, 0.3) is 10.8 Å². The van der Waals surface area contributed by atoms with Gasteiger partial charge in [-0.3, -0.25) is 0 Å². The lowest BCUT2D eigenvalue weighted by atomic mass is 10.0. The highest BCUT2D eigenvalue weighted by Crippen LogP contribution is 2.43. The largest absolute Gasteiger partial charge is 0.472 e. The van der Waals surface area contributed by atoms with Crippen molar-refractivity contribution in [3.8, 4) is 5.88 Å². The molecule has 2 unspecified atom stereocenters. The third-order valence-electron chi connectivity index (χ3n) is 4.93. The molecule has 0 radical (unpaired) electrons. The van der Waals surface area contributed by atoms with E-state index in [1.54, 1.807) is 6.92 Å². The van der Waals surface area contributed by atoms with Crippen molar-refractivity contribution < 1.29 is 9.13 Å². The van der Waals surface area contributed by atoms with Crippen molar-refractivity contribution in [2.45, 2.75) is 52.8 Å². The van der Waals surface area contributed by atoms with E-state index in [1.807, 2.05) is 20.8 Å². The molecule has 4 rings (SSSR count). The van der Waals surface area contributed by atoms with Gasteiger partial charge in [0.15, 0.2) is 11.0 Å². The van der Waals surface area contributed by atoms with Crippen LogP contribution in [0.2, 0.25) is 5.15 Å². The van der Waals surface area contributed by atoms with E-state index in [9.17, 15) is 4.39 Å². The number of piperazine rings is 1. The lowest BCUT2D eigenvalue weighted by molar-refractivity contribution is 0.169. The first-order chi connectivity index (χ1) is 12.4. The predicted molar refractivity (Wildman–Crippen MR) is 104 cm³/mol. The van der Waals surface area contributed by atoms with Crippen molar-refractivity contribution in [2.75, 3.05) is 23.7 Å². The Bertz CT molecular complexity index is 838. The normalized spacial score (nSPS) is 24.3. The zero-order valence-corrected chi connectivity index (χ0v) is 16.5. The number of nitrogens with two attached hydrogens (primary N) is 1. The predicted octanol–water partition coefficient (Wildman–Crippen LogP) is 3.29. The maximum Gasteiger partial charge on any atom is 0.227 e. The summed E-state index contributed by atoms with van der Waals surface area (Å²) in [7, 11) is 0. The highest BCUT2D eigenvalue weighted by Gasteiger charge is 2.38. The lowest BCUT2D eigenvalue weighted by Gasteiger charge is -2.41. The first kappa shape index (κ1) is 18.9. The van der Waals surface area contributed by atoms with E-state index < -0.39 is 5.82 Å². The summed E-state index contributed by atoms with van der Waals surface area (Å²) in [5.41, 5.74) is 6.62. The SMILES string of the molecule is CC.Cc1c(N)nc2c3c(nc(Cl)c(F)c13)O[C@@H](C)C1CNC(C)CN21. The number of aryl methyl sites for hydroxylation is 1. The Balaban J connectivity index is 0.000000948. The van der Waals surface area contributed by atoms with Crippen LogP contribution in [0.4, 0.5) is 16.0 Å². The van der Waals surface area contributed by atoms with Crippen LogP contribution in [0.3, 0.4) is 0 Å². The summed E-state index contributed by atoms with van der Waals surface area (Å²) in [6.07, 6.45) is -0.155. The number of pyridine rings is 2. The molecule has 0 aromatic carbocycles. The van der Waals surface area contributed by atoms with Crippen molar-refractivity contribution in [1.29, 1.82) is 0 Å². The molecule has 142 valence electrons. The molecule has 0 bridgehead atoms. The molecule has 8 heteroatoms. The van der Waals surface area contributed by atoms with Gasteiger partial charge >= 0.3 is 0 Å². The topological polar surface area (TPSA) is 76.3 Å². The summed E-state index contributed by atoms with van der Waals surface area (Å²) in [5, 5.41) is 4.12. The molecule has 2 aromatic rings. The fraction of sp³-hybridized carbons (Fsp3) is 0.556. The molecule has 2 aromatic heterocycles. The van der Waals surface area contributed by atoms with Crippen molar-refractivity contribution >= 4 is 34.0 Å². The van der Waals surface area contributed by atoms with E-state index in [-0.39, 0.29) is 23.3 Å². The smallest absolute Gasteiger partial charge is 0.227 e. The number of nitrogen functional groups attached to an aromatic ring is 1. The molecule has 0 spiro atoms. The molecule has 1 fully saturated rings. The average molecular weight is 382 g/mol. The molecule has 0 saturated carbocycles. The number of anilines is 2. The molecule has 4 heterocycles. The van der Waals surface area contributed by atoms with Crippen LogP contribution in [-0.4, -0.2) is 41.2 Å². The third-order valence-corrected chi connectivity index (χ3v) is 5.18. The number of hydrogen-bond acceptors (Lipinski definition) is 6. The molecule has 26 heavy (non-hydrogen) atoms. The Labute approximate surface area is 157 Å². The number of ether oxygens (including phenoxy) is 1. The number of nitrogens with one attached hydrogen (secondary N) is 1. The Morgan fingerprint density at radius 1 is 1.27 bits per heavy atom. The van der Waals surface area contributed by atoms with Crippen LogP contribution in [-0.2, 0) is 0 Å². The zero-order chi connectivity index (χ0) is 19.2. The van der Waals surface area contributed by atoms with Gasteiger partial charge in [0.05, 0.1) is 11.4 Å². The fourth-order valence-corrected chi connectivity index (χ4v) is 3.76. The van der Waals surface area contributed by atoms with Crippen LogP contribution in [0, 0.1) is 12.7 Å². The molecule has 6 nitrogen and oxygen atoms in total. The monoisotopic (exact) mass is 381 g/mol. The summed E-state index contributed by atoms with van der Waals surface area (Å²) in [6.45, 7) is 11.3. The van der Waals surface area contributed by atoms with E-state index in [0.717, 1.165) is 13.1 Å². The van der Waals surface area contributed by atoms with E-state index in [2.05, 4.69) is 27.1 Å². The Morgan fingerprint density at radius 3 is 2.65 bits per heavy atom. The number of nitrogens with zero attached hydrogens (tertiary/aromatic N) is 3. The van der Waals surface area contributed by atoms with Crippen LogP contribution >= 0.6 is 11.6 Å². The summed E-state index contributed by atoms with van der Waals surface area (Å²) in [4.78, 5) is 10.8. The van der Waals surface area contributed by atoms with Crippen LogP contribution in [0.15, 0.2) is 0 Å². The molecular weight excluding hydrogens is 357 g/mol. The highest BCUT2D eigenvalue weighted by molar-refractivity contribution is 6.30. The molecule has 0 amide bonds. The number of fused-ring (bicyclic) bond motifs is 2. The van der Waals surface area contributed by atoms with Gasteiger partial charge in [-0.05, 0) is 20.8 Å². The molecule has 1 saturated heterocycles. The second kappa shape index (κ2) is 7.04. The van der Waals surface area contributed by atoms with Crippen LogP contribution < -0.4 is 20.7 Å². The maximum atomic E-state index is 14.7. The Hall–Kier alpha value is -1.86. The first-order valence-electron chi connectivity index (χ1n) is 9.00. The van der Waals surface area contributed by atoms with Crippen molar-refractivity contribution in [1.82, 2.24) is 15.3 Å². The second-order valence-electron chi connectivity index (χ2n) is 6.57. The minimum Gasteiger partial charge on any atom is -0.472 e. The lowest BCUT2D eigenvalue weighted by Crippen LogP contribution is -2.60. The van der Waals surface area contributed by atoms with Crippen molar-refractivity contribution in [3.05, 3.63) is 16.5 Å². The number of aromatic nitrogens is 2. The van der Waals surface area contributed by atoms with E-state index in [1.165, 1.54) is 0 Å². The number of hydrogen-bond donors (Lipinski definition) is 2. The number of halogens is 2. The fourth-order valence-electron chi connectivity index (χ4n) is 3.59. The maximum absolute atomic E-state index is 14.7. The van der Waals surface area contributed by atoms with Crippen LogP contribution in [0.1, 0.15) is 33.3 Å². The van der Waals surface area contributed by atoms with Crippen LogP contribution in [0.5, 0.6) is 5.88 Å². The van der Waals surface area contributed by atoms with Gasteiger partial charge in [0.2, 0.25) is 5.88 Å². The van der Waals surface area contributed by atoms with Crippen molar-refractivity contribution in [3.63, 3.8) is 0 Å². The highest BCUT2D eigenvalue weighted by atomic mass is 35.5. The average Bonchev–Trinajstić information content (AvgIpc) is 2.72. The number of rotatable bonds is 0. The van der Waals surface area contributed by atoms with Gasteiger partial charge in [-0.25, -0.2) is 9.37 Å². The molecule has 2 aliphatic heterocycles. The molecule has 0 aliphatic carbocycles. The first-order valence-corrected chi connectivity index (χ1v) is 9.37. The van der Waals surface area contributed by atoms with E-state index in [0.29, 0.717) is 33.9 Å². The van der Waals surface area contributed by atoms with Gasteiger partial charge in [-0.1, -0.05) is 25.4 Å². The Morgan fingerprint density at radius 2 is 1.96 bits per heavy atom. The Kier molecular flexibility index (Phi) is 5.12. The molecular formula is C18H25ClFN5O. The third kappa shape index (κ3) is 2.83. The summed E-state index contributed by atoms with van der Waals surface area (Å²) < 4.78 is 20.8. The summed E-state index contributed by atoms with van der Waals surface area (Å²) in [5.74, 6) is 0.649. The van der Waals surface area contributed by atoms with Gasteiger partial charge in [0, 0.05) is 30.1 Å². The molecule has 3 N–H and O–H groups in total. The zero-order valence-electron chi connectivity index (χ0n) is 15.7. The van der Waals surface area contributed by atoms with Gasteiger partial charge in [0.1, 0.15) is 17.7 Å². The standard InChI is InChI=1S/C16H19ClFN5O.C2H6/c1-6-5-23-9(4-20-6)8(3)24-16-11-10(12(18)13(17)21-16)7(2)14(19)22-15(11)23;1-2/h6,8-9,20H,4-5H2,1-3H3,(H2,19,22);1-2H3/t6?,8-,9?;/m0./s1. The molecule has 3 atom stereocenters. The van der Waals surface area contributed by atoms with E-state index >= 15 is 0 Å². The van der Waals surface area contributed by atoms with Crippen molar-refractivity contribution in [2.24, 2.45) is 0 Å². The quantitative estimate of drug-likeness (QED) is 0.682. The van der Waals surface area contributed by atoms with Gasteiger partial charge in [0.25, 0.3) is 0 Å². The summed E-state index contributed by atoms with van der Waals surface area (Å²) in [6, 6.07) is 0.328. The summed E-state index contributed by atoms with van der Waals surface area (Å²) >= 11 is 6.00. The molecule has 2 aliphatic rings. The van der Waals surface area contributed by atoms with Gasteiger partial charge in [-0.15, -0.1) is 0 Å². The minimum absolute atomic E-state index is 0.0510.